The topological polar surface area (TPSA) is 59.0 Å². The van der Waals surface area contributed by atoms with Crippen molar-refractivity contribution in [2.75, 3.05) is 11.9 Å². The van der Waals surface area contributed by atoms with Crippen LogP contribution < -0.4 is 10.6 Å². The van der Waals surface area contributed by atoms with Crippen molar-refractivity contribution in [3.8, 4) is 0 Å². The summed E-state index contributed by atoms with van der Waals surface area (Å²) in [6.07, 6.45) is 4.70. The summed E-state index contributed by atoms with van der Waals surface area (Å²) >= 11 is 0. The van der Waals surface area contributed by atoms with E-state index in [2.05, 4.69) is 46.1 Å². The standard InChI is InChI=1S/C19H26N4O/c1-14-11-18(23(2)22-14)21-19(24)13-20-17-10-6-9-16(17)12-15-7-4-3-5-8-15/h3-5,7-8,11,16-17,20H,6,9-10,12-13H2,1-2H3,(H,21,24)/t16-,17+/m0/s1. The molecule has 1 aromatic carbocycles. The molecule has 5 heteroatoms. The number of rotatable bonds is 6. The molecule has 0 bridgehead atoms. The molecule has 1 aromatic heterocycles. The molecular formula is C19H26N4O. The first-order valence-corrected chi connectivity index (χ1v) is 8.69. The van der Waals surface area contributed by atoms with Gasteiger partial charge in [-0.05, 0) is 37.7 Å². The fourth-order valence-electron chi connectivity index (χ4n) is 3.61. The molecule has 1 aliphatic carbocycles. The Morgan fingerprint density at radius 1 is 1.29 bits per heavy atom. The summed E-state index contributed by atoms with van der Waals surface area (Å²) in [6, 6.07) is 12.9. The first-order chi connectivity index (χ1) is 11.6. The Hall–Kier alpha value is -2.14. The smallest absolute Gasteiger partial charge is 0.239 e. The van der Waals surface area contributed by atoms with Crippen molar-refractivity contribution in [1.29, 1.82) is 0 Å². The number of aromatic nitrogens is 2. The first kappa shape index (κ1) is 16.7. The SMILES string of the molecule is Cc1cc(NC(=O)CN[C@@H]2CCC[C@H]2Cc2ccccc2)n(C)n1. The summed E-state index contributed by atoms with van der Waals surface area (Å²) in [4.78, 5) is 12.2. The second-order valence-electron chi connectivity index (χ2n) is 6.71. The number of hydrogen-bond acceptors (Lipinski definition) is 3. The zero-order chi connectivity index (χ0) is 16.9. The zero-order valence-electron chi connectivity index (χ0n) is 14.5. The highest BCUT2D eigenvalue weighted by Gasteiger charge is 2.27. The van der Waals surface area contributed by atoms with Gasteiger partial charge < -0.3 is 10.6 Å². The van der Waals surface area contributed by atoms with Crippen LogP contribution in [0.3, 0.4) is 0 Å². The normalized spacial score (nSPS) is 20.2. The number of carbonyl (C=O) groups is 1. The molecule has 0 aliphatic heterocycles. The number of nitrogens with one attached hydrogen (secondary N) is 2. The molecule has 1 aliphatic rings. The third kappa shape index (κ3) is 4.23. The Morgan fingerprint density at radius 2 is 2.08 bits per heavy atom. The van der Waals surface area contributed by atoms with Gasteiger partial charge in [0.15, 0.2) is 0 Å². The average molecular weight is 326 g/mol. The predicted molar refractivity (Wildman–Crippen MR) is 95.9 cm³/mol. The summed E-state index contributed by atoms with van der Waals surface area (Å²) in [7, 11) is 1.84. The molecule has 1 amide bonds. The van der Waals surface area contributed by atoms with Crippen molar-refractivity contribution >= 4 is 11.7 Å². The number of anilines is 1. The first-order valence-electron chi connectivity index (χ1n) is 8.69. The highest BCUT2D eigenvalue weighted by Crippen LogP contribution is 2.28. The zero-order valence-corrected chi connectivity index (χ0v) is 14.5. The van der Waals surface area contributed by atoms with E-state index in [-0.39, 0.29) is 5.91 Å². The van der Waals surface area contributed by atoms with Crippen molar-refractivity contribution in [3.63, 3.8) is 0 Å². The number of amides is 1. The van der Waals surface area contributed by atoms with Gasteiger partial charge in [-0.3, -0.25) is 9.48 Å². The lowest BCUT2D eigenvalue weighted by Crippen LogP contribution is -2.39. The molecule has 0 radical (unpaired) electrons. The molecule has 1 saturated carbocycles. The van der Waals surface area contributed by atoms with Gasteiger partial charge in [-0.15, -0.1) is 0 Å². The van der Waals surface area contributed by atoms with Gasteiger partial charge in [-0.1, -0.05) is 36.8 Å². The Morgan fingerprint density at radius 3 is 2.79 bits per heavy atom. The molecule has 2 aromatic rings. The van der Waals surface area contributed by atoms with Crippen molar-refractivity contribution in [3.05, 3.63) is 47.7 Å². The van der Waals surface area contributed by atoms with Crippen LogP contribution in [0, 0.1) is 12.8 Å². The van der Waals surface area contributed by atoms with Crippen LogP contribution in [0.4, 0.5) is 5.82 Å². The lowest BCUT2D eigenvalue weighted by Gasteiger charge is -2.21. The second kappa shape index (κ2) is 7.62. The average Bonchev–Trinajstić information content (AvgIpc) is 3.12. The van der Waals surface area contributed by atoms with Crippen LogP contribution in [0.25, 0.3) is 0 Å². The molecular weight excluding hydrogens is 300 g/mol. The van der Waals surface area contributed by atoms with E-state index < -0.39 is 0 Å². The molecule has 0 unspecified atom stereocenters. The third-order valence-corrected chi connectivity index (χ3v) is 4.79. The van der Waals surface area contributed by atoms with Gasteiger partial charge in [0.1, 0.15) is 5.82 Å². The second-order valence-corrected chi connectivity index (χ2v) is 6.71. The minimum Gasteiger partial charge on any atom is -0.310 e. The van der Waals surface area contributed by atoms with E-state index in [4.69, 9.17) is 0 Å². The summed E-state index contributed by atoms with van der Waals surface area (Å²) in [6.45, 7) is 2.26. The minimum absolute atomic E-state index is 0.0108. The molecule has 0 saturated heterocycles. The maximum absolute atomic E-state index is 12.2. The number of benzene rings is 1. The molecule has 2 N–H and O–H groups in total. The molecule has 128 valence electrons. The summed E-state index contributed by atoms with van der Waals surface area (Å²) in [5.74, 6) is 1.34. The molecule has 1 heterocycles. The van der Waals surface area contributed by atoms with Gasteiger partial charge >= 0.3 is 0 Å². The maximum atomic E-state index is 12.2. The van der Waals surface area contributed by atoms with E-state index >= 15 is 0 Å². The van der Waals surface area contributed by atoms with Crippen molar-refractivity contribution in [2.24, 2.45) is 13.0 Å². The lowest BCUT2D eigenvalue weighted by atomic mass is 9.94. The number of nitrogens with zero attached hydrogens (tertiary/aromatic N) is 2. The van der Waals surface area contributed by atoms with E-state index in [1.807, 2.05) is 20.0 Å². The quantitative estimate of drug-likeness (QED) is 0.858. The molecule has 2 atom stereocenters. The van der Waals surface area contributed by atoms with E-state index in [1.165, 1.54) is 18.4 Å². The van der Waals surface area contributed by atoms with Crippen LogP contribution >= 0.6 is 0 Å². The van der Waals surface area contributed by atoms with Crippen molar-refractivity contribution < 1.29 is 4.79 Å². The fourth-order valence-corrected chi connectivity index (χ4v) is 3.61. The summed E-state index contributed by atoms with van der Waals surface area (Å²) in [5.41, 5.74) is 2.28. The van der Waals surface area contributed by atoms with Crippen molar-refractivity contribution in [1.82, 2.24) is 15.1 Å². The maximum Gasteiger partial charge on any atom is 0.239 e. The van der Waals surface area contributed by atoms with Crippen molar-refractivity contribution in [2.45, 2.75) is 38.6 Å². The summed E-state index contributed by atoms with van der Waals surface area (Å²) in [5, 5.41) is 10.6. The van der Waals surface area contributed by atoms with E-state index in [9.17, 15) is 4.79 Å². The van der Waals surface area contributed by atoms with Gasteiger partial charge in [-0.25, -0.2) is 0 Å². The Kier molecular flexibility index (Phi) is 5.30. The molecule has 24 heavy (non-hydrogen) atoms. The van der Waals surface area contributed by atoms with Crippen LogP contribution in [0.5, 0.6) is 0 Å². The predicted octanol–water partition coefficient (Wildman–Crippen LogP) is 2.67. The monoisotopic (exact) mass is 326 g/mol. The molecule has 0 spiro atoms. The molecule has 3 rings (SSSR count). The van der Waals surface area contributed by atoms with E-state index in [1.54, 1.807) is 4.68 Å². The van der Waals surface area contributed by atoms with Gasteiger partial charge in [0.2, 0.25) is 5.91 Å². The lowest BCUT2D eigenvalue weighted by molar-refractivity contribution is -0.115. The van der Waals surface area contributed by atoms with Gasteiger partial charge in [0, 0.05) is 19.2 Å². The van der Waals surface area contributed by atoms with Crippen LogP contribution in [-0.2, 0) is 18.3 Å². The van der Waals surface area contributed by atoms with Gasteiger partial charge in [0.05, 0.1) is 12.2 Å². The highest BCUT2D eigenvalue weighted by atomic mass is 16.2. The van der Waals surface area contributed by atoms with Gasteiger partial charge in [0.25, 0.3) is 0 Å². The van der Waals surface area contributed by atoms with Crippen LogP contribution in [0.1, 0.15) is 30.5 Å². The largest absolute Gasteiger partial charge is 0.310 e. The Balaban J connectivity index is 1.50. The minimum atomic E-state index is -0.0108. The van der Waals surface area contributed by atoms with Crippen LogP contribution in [0.2, 0.25) is 0 Å². The number of carbonyl (C=O) groups excluding carboxylic acids is 1. The summed E-state index contributed by atoms with van der Waals surface area (Å²) < 4.78 is 1.70. The highest BCUT2D eigenvalue weighted by molar-refractivity contribution is 5.91. The number of aryl methyl sites for hydroxylation is 2. The van der Waals surface area contributed by atoms with Gasteiger partial charge in [-0.2, -0.15) is 5.10 Å². The van der Waals surface area contributed by atoms with E-state index in [0.717, 1.165) is 24.4 Å². The van der Waals surface area contributed by atoms with Crippen LogP contribution in [0.15, 0.2) is 36.4 Å². The number of hydrogen-bond donors (Lipinski definition) is 2. The Labute approximate surface area is 143 Å². The fraction of sp³-hybridized carbons (Fsp3) is 0.474. The third-order valence-electron chi connectivity index (χ3n) is 4.79. The molecule has 5 nitrogen and oxygen atoms in total. The van der Waals surface area contributed by atoms with E-state index in [0.29, 0.717) is 18.5 Å². The molecule has 1 fully saturated rings. The van der Waals surface area contributed by atoms with Crippen LogP contribution in [-0.4, -0.2) is 28.3 Å². The Bertz CT molecular complexity index is 680.